The van der Waals surface area contributed by atoms with Gasteiger partial charge in [-0.25, -0.2) is 0 Å². The average molecular weight is 827 g/mol. The first-order valence-corrected chi connectivity index (χ1v) is 23.5. The predicted octanol–water partition coefficient (Wildman–Crippen LogP) is 12.5. The second kappa shape index (κ2) is 18.9. The Hall–Kier alpha value is -2.60. The van der Waals surface area contributed by atoms with Crippen LogP contribution in [0.15, 0.2) is 54.6 Å². The summed E-state index contributed by atoms with van der Waals surface area (Å²) in [5.41, 5.74) is 9.48. The summed E-state index contributed by atoms with van der Waals surface area (Å²) in [6.45, 7) is 32.2. The number of carbonyl (C=O) groups excluding carboxylic acids is 1. The number of nitrogens with zero attached hydrogens (tertiary/aromatic N) is 2. The van der Waals surface area contributed by atoms with Crippen LogP contribution in [0.25, 0.3) is 0 Å². The second-order valence-electron chi connectivity index (χ2n) is 15.5. The van der Waals surface area contributed by atoms with E-state index in [0.29, 0.717) is 35.1 Å². The molecule has 1 amide bonds. The molecule has 0 radical (unpaired) electrons. The number of halogens is 2. The molecule has 0 aliphatic carbocycles. The number of ether oxygens (including phenoxy) is 2. The Balaban J connectivity index is 0.000000287. The predicted molar refractivity (Wildman–Crippen MR) is 217 cm³/mol. The number of rotatable bonds is 10. The van der Waals surface area contributed by atoms with Gasteiger partial charge in [0.25, 0.3) is 0 Å². The van der Waals surface area contributed by atoms with E-state index < -0.39 is 25.2 Å². The minimum Gasteiger partial charge on any atom is -0.502 e. The number of para-hydroxylation sites is 2. The van der Waals surface area contributed by atoms with Crippen LogP contribution >= 0.6 is 19.4 Å². The molecule has 0 aromatic heterocycles. The van der Waals surface area contributed by atoms with Crippen molar-refractivity contribution in [2.24, 2.45) is 0 Å². The third-order valence-corrected chi connectivity index (χ3v) is 10.2. The third kappa shape index (κ3) is 12.5. The molecule has 9 heteroatoms. The van der Waals surface area contributed by atoms with Gasteiger partial charge in [-0.05, 0) is 45.9 Å². The van der Waals surface area contributed by atoms with Crippen molar-refractivity contribution in [2.75, 3.05) is 28.2 Å². The van der Waals surface area contributed by atoms with Gasteiger partial charge in [0.15, 0.2) is 0 Å². The van der Waals surface area contributed by atoms with Crippen molar-refractivity contribution in [2.45, 2.75) is 125 Å². The summed E-state index contributed by atoms with van der Waals surface area (Å²) in [6.07, 6.45) is -0.481. The van der Waals surface area contributed by atoms with Gasteiger partial charge < -0.3 is 9.80 Å². The zero-order chi connectivity index (χ0) is 38.2. The average Bonchev–Trinajstić information content (AvgIpc) is 3.50. The monoisotopic (exact) mass is 826 g/mol. The minimum absolute atomic E-state index is 0.0307. The molecular formula is C42H60Cl2N3O3Ru-. The van der Waals surface area contributed by atoms with Crippen LogP contribution in [0.1, 0.15) is 141 Å². The summed E-state index contributed by atoms with van der Waals surface area (Å²) in [7, 11) is 11.9. The van der Waals surface area contributed by atoms with E-state index in [0.717, 1.165) is 18.7 Å². The van der Waals surface area contributed by atoms with Gasteiger partial charge in [-0.3, -0.25) is 0 Å². The molecule has 3 aromatic rings. The van der Waals surface area contributed by atoms with Crippen LogP contribution in [0.2, 0.25) is 0 Å². The van der Waals surface area contributed by atoms with Crippen LogP contribution in [0.3, 0.4) is 0 Å². The fourth-order valence-electron chi connectivity index (χ4n) is 6.10. The quantitative estimate of drug-likeness (QED) is 0.163. The Morgan fingerprint density at radius 3 is 1.55 bits per heavy atom. The molecule has 6 nitrogen and oxygen atoms in total. The number of carbonyl (C=O) groups is 1. The van der Waals surface area contributed by atoms with Crippen molar-refractivity contribution >= 4 is 47.1 Å². The maximum Gasteiger partial charge on any atom is 0.0156 e. The Morgan fingerprint density at radius 1 is 0.765 bits per heavy atom. The molecule has 1 heterocycles. The number of hydrogen-bond acceptors (Lipinski definition) is 5. The van der Waals surface area contributed by atoms with Gasteiger partial charge in [-0.15, -0.1) is 0 Å². The summed E-state index contributed by atoms with van der Waals surface area (Å²) in [4.78, 5) is 16.8. The van der Waals surface area contributed by atoms with Crippen molar-refractivity contribution in [1.82, 2.24) is 0 Å². The van der Waals surface area contributed by atoms with Crippen LogP contribution in [-0.2, 0) is 18.3 Å². The smallest absolute Gasteiger partial charge is 0.0156 e. The van der Waals surface area contributed by atoms with E-state index in [1.807, 2.05) is 34.6 Å². The van der Waals surface area contributed by atoms with E-state index in [4.69, 9.17) is 28.9 Å². The zero-order valence-corrected chi connectivity index (χ0v) is 36.1. The normalized spacial score (nSPS) is 13.6. The first-order chi connectivity index (χ1) is 23.8. The molecular weight excluding hydrogens is 766 g/mol. The van der Waals surface area contributed by atoms with Gasteiger partial charge in [-0.1, -0.05) is 91.8 Å². The van der Waals surface area contributed by atoms with E-state index >= 15 is 0 Å². The summed E-state index contributed by atoms with van der Waals surface area (Å²) >= 11 is -2.01. The molecule has 1 saturated heterocycles. The Labute approximate surface area is 321 Å². The molecule has 0 unspecified atom stereocenters. The van der Waals surface area contributed by atoms with Crippen LogP contribution in [-0.4, -0.2) is 35.5 Å². The molecule has 0 saturated carbocycles. The molecule has 3 aromatic carbocycles. The van der Waals surface area contributed by atoms with E-state index in [1.54, 1.807) is 22.8 Å². The maximum atomic E-state index is 11.8. The minimum atomic E-state index is -2.01. The first-order valence-electron chi connectivity index (χ1n) is 18.1. The largest absolute Gasteiger partial charge is 0.502 e. The third-order valence-electron chi connectivity index (χ3n) is 8.32. The van der Waals surface area contributed by atoms with Crippen LogP contribution in [0.4, 0.5) is 21.9 Å². The van der Waals surface area contributed by atoms with Gasteiger partial charge >= 0.3 is 145 Å². The van der Waals surface area contributed by atoms with E-state index in [-0.39, 0.29) is 6.10 Å². The van der Waals surface area contributed by atoms with Crippen molar-refractivity contribution in [3.8, 4) is 5.75 Å². The SMILES string of the molecule is CC(C)Oc1ccc(NC(=O)OC(C)(C)C)cc1[CH]=[Ru]([Cl])[Cl].CC(C)c1cccc(C(C)C)c1N1[CH-]N(c2c(C(C)C)cccc2C(C)C)CC1. The van der Waals surface area contributed by atoms with E-state index in [9.17, 15) is 4.79 Å². The van der Waals surface area contributed by atoms with Crippen LogP contribution in [0.5, 0.6) is 5.75 Å². The van der Waals surface area contributed by atoms with Crippen molar-refractivity contribution in [3.63, 3.8) is 0 Å². The number of benzene rings is 3. The fourth-order valence-corrected chi connectivity index (χ4v) is 7.88. The Morgan fingerprint density at radius 2 is 1.20 bits per heavy atom. The van der Waals surface area contributed by atoms with Gasteiger partial charge in [-0.2, -0.15) is 6.67 Å². The standard InChI is InChI=1S/C27H39N2.C15H21NO3.2ClH.Ru/c1-18(2)22-11-9-12-23(19(3)4)26(22)28-15-16-29(17-28)27-24(20(5)6)13-10-14-25(27)21(7)8;1-10(2)18-13-8-7-12(9-11(13)3)16-14(17)19-15(4,5)6;;;/h9-14,17-21H,15-16H2,1-8H3;3,7-10H,1-2,4-6H3,(H,16,17);2*1H;/q-1;;;;+2/p-2. The molecule has 1 N–H and O–H groups in total. The number of nitrogens with one attached hydrogen (secondary N) is 1. The van der Waals surface area contributed by atoms with Crippen molar-refractivity contribution in [3.05, 3.63) is 89.1 Å². The molecule has 284 valence electrons. The zero-order valence-electron chi connectivity index (χ0n) is 32.9. The van der Waals surface area contributed by atoms with Crippen molar-refractivity contribution in [1.29, 1.82) is 0 Å². The summed E-state index contributed by atoms with van der Waals surface area (Å²) in [5.74, 6) is 2.74. The number of anilines is 3. The second-order valence-corrected chi connectivity index (χ2v) is 21.3. The molecule has 1 fully saturated rings. The van der Waals surface area contributed by atoms with Gasteiger partial charge in [0.05, 0.1) is 0 Å². The summed E-state index contributed by atoms with van der Waals surface area (Å²) in [6, 6.07) is 19.0. The Bertz CT molecular complexity index is 1520. The molecule has 1 aliphatic rings. The summed E-state index contributed by atoms with van der Waals surface area (Å²) in [5, 5.41) is 2.69. The van der Waals surface area contributed by atoms with Crippen molar-refractivity contribution < 1.29 is 27.8 Å². The Kier molecular flexibility index (Phi) is 15.9. The number of hydrogen-bond donors (Lipinski definition) is 1. The van der Waals surface area contributed by atoms with E-state index in [2.05, 4.69) is 114 Å². The van der Waals surface area contributed by atoms with Crippen LogP contribution < -0.4 is 19.9 Å². The molecule has 0 spiro atoms. The topological polar surface area (TPSA) is 54.0 Å². The van der Waals surface area contributed by atoms with Crippen LogP contribution in [0, 0.1) is 6.67 Å². The summed E-state index contributed by atoms with van der Waals surface area (Å²) < 4.78 is 12.7. The maximum absolute atomic E-state index is 11.8. The number of amides is 1. The van der Waals surface area contributed by atoms with Gasteiger partial charge in [0.1, 0.15) is 0 Å². The van der Waals surface area contributed by atoms with Gasteiger partial charge in [0.2, 0.25) is 0 Å². The molecule has 4 rings (SSSR count). The fraction of sp³-hybridized carbons (Fsp3) is 0.500. The first kappa shape index (κ1) is 42.8. The molecule has 0 bridgehead atoms. The molecule has 1 aliphatic heterocycles. The van der Waals surface area contributed by atoms with Gasteiger partial charge in [0, 0.05) is 24.5 Å². The molecule has 51 heavy (non-hydrogen) atoms. The van der Waals surface area contributed by atoms with E-state index in [1.165, 1.54) is 33.6 Å². The molecule has 0 atom stereocenters.